The van der Waals surface area contributed by atoms with Gasteiger partial charge in [-0.15, -0.1) is 0 Å². The third kappa shape index (κ3) is 4.71. The van der Waals surface area contributed by atoms with Crippen LogP contribution in [0.25, 0.3) is 0 Å². The van der Waals surface area contributed by atoms with Crippen molar-refractivity contribution in [3.05, 3.63) is 77.0 Å². The molecule has 2 N–H and O–H groups in total. The Morgan fingerprint density at radius 2 is 1.66 bits per heavy atom. The molecule has 1 heterocycles. The van der Waals surface area contributed by atoms with Gasteiger partial charge in [0.1, 0.15) is 11.6 Å². The van der Waals surface area contributed by atoms with Gasteiger partial charge < -0.3 is 20.3 Å². The highest BCUT2D eigenvalue weighted by molar-refractivity contribution is 5.95. The minimum atomic E-state index is -0.792. The quantitative estimate of drug-likeness (QED) is 0.729. The Labute approximate surface area is 167 Å². The first-order valence-corrected chi connectivity index (χ1v) is 9.09. The molecule has 3 rings (SSSR count). The van der Waals surface area contributed by atoms with Gasteiger partial charge in [-0.2, -0.15) is 0 Å². The first-order chi connectivity index (χ1) is 13.9. The first-order valence-electron chi connectivity index (χ1n) is 9.09. The van der Waals surface area contributed by atoms with Gasteiger partial charge >= 0.3 is 12.0 Å². The summed E-state index contributed by atoms with van der Waals surface area (Å²) in [6.45, 7) is 2.02. The Morgan fingerprint density at radius 1 is 1.07 bits per heavy atom. The van der Waals surface area contributed by atoms with Crippen molar-refractivity contribution in [1.82, 2.24) is 10.6 Å². The molecule has 1 aliphatic heterocycles. The van der Waals surface area contributed by atoms with Gasteiger partial charge in [-0.1, -0.05) is 12.1 Å². The zero-order valence-electron chi connectivity index (χ0n) is 16.0. The van der Waals surface area contributed by atoms with Crippen LogP contribution in [0.2, 0.25) is 0 Å². The van der Waals surface area contributed by atoms with Crippen molar-refractivity contribution in [2.24, 2.45) is 0 Å². The summed E-state index contributed by atoms with van der Waals surface area (Å²) in [5, 5.41) is 5.36. The predicted molar refractivity (Wildman–Crippen MR) is 104 cm³/mol. The molecule has 6 nitrogen and oxygen atoms in total. The number of esters is 1. The fraction of sp³-hybridized carbons (Fsp3) is 0.238. The molecule has 0 bridgehead atoms. The third-order valence-electron chi connectivity index (χ3n) is 4.52. The number of carbonyl (C=O) groups is 2. The van der Waals surface area contributed by atoms with Gasteiger partial charge in [0.05, 0.1) is 30.5 Å². The average molecular weight is 401 g/mol. The molecule has 2 aromatic rings. The van der Waals surface area contributed by atoms with Crippen LogP contribution >= 0.6 is 0 Å². The molecule has 0 saturated heterocycles. The summed E-state index contributed by atoms with van der Waals surface area (Å²) in [6, 6.07) is 10.1. The van der Waals surface area contributed by atoms with Gasteiger partial charge in [0.2, 0.25) is 0 Å². The van der Waals surface area contributed by atoms with E-state index in [1.807, 2.05) is 0 Å². The van der Waals surface area contributed by atoms with E-state index in [1.165, 1.54) is 36.4 Å². The molecular formula is C21H21F2N3O3. The van der Waals surface area contributed by atoms with Crippen molar-refractivity contribution in [2.45, 2.75) is 13.0 Å². The molecule has 0 unspecified atom stereocenters. The Morgan fingerprint density at radius 3 is 2.24 bits per heavy atom. The van der Waals surface area contributed by atoms with Crippen molar-refractivity contribution in [3.8, 4) is 0 Å². The standard InChI is InChI=1S/C21H21F2N3O3/c1-3-29-20(27)18-17(12-26(2)16-10-8-15(23)9-11-16)24-21(28)25-19(18)13-4-6-14(22)7-5-13/h4-11,19H,3,12H2,1-2H3,(H2,24,25,28)/t19-/m1/s1. The lowest BCUT2D eigenvalue weighted by atomic mass is 9.95. The molecule has 1 atom stereocenters. The highest BCUT2D eigenvalue weighted by atomic mass is 19.1. The number of benzene rings is 2. The number of amides is 2. The van der Waals surface area contributed by atoms with Gasteiger partial charge in [0.15, 0.2) is 0 Å². The van der Waals surface area contributed by atoms with E-state index in [9.17, 15) is 18.4 Å². The monoisotopic (exact) mass is 401 g/mol. The Hall–Kier alpha value is -3.42. The van der Waals surface area contributed by atoms with Crippen LogP contribution in [0.3, 0.4) is 0 Å². The number of rotatable bonds is 6. The highest BCUT2D eigenvalue weighted by Gasteiger charge is 2.34. The summed E-state index contributed by atoms with van der Waals surface area (Å²) in [5.74, 6) is -1.37. The fourth-order valence-corrected chi connectivity index (χ4v) is 3.12. The number of nitrogens with zero attached hydrogens (tertiary/aromatic N) is 1. The molecule has 0 spiro atoms. The van der Waals surface area contributed by atoms with Crippen LogP contribution in [0.15, 0.2) is 59.8 Å². The summed E-state index contributed by atoms with van der Waals surface area (Å²) < 4.78 is 31.7. The number of anilines is 1. The summed E-state index contributed by atoms with van der Waals surface area (Å²) in [4.78, 5) is 26.7. The molecule has 1 aliphatic rings. The maximum atomic E-state index is 13.3. The van der Waals surface area contributed by atoms with Crippen LogP contribution in [-0.2, 0) is 9.53 Å². The lowest BCUT2D eigenvalue weighted by Gasteiger charge is -2.31. The van der Waals surface area contributed by atoms with Crippen molar-refractivity contribution in [2.75, 3.05) is 25.1 Å². The number of likely N-dealkylation sites (N-methyl/N-ethyl adjacent to an activating group) is 1. The number of hydrogen-bond donors (Lipinski definition) is 2. The smallest absolute Gasteiger partial charge is 0.338 e. The molecule has 0 aliphatic carbocycles. The summed E-state index contributed by atoms with van der Waals surface area (Å²) in [5.41, 5.74) is 1.83. The second-order valence-corrected chi connectivity index (χ2v) is 6.53. The van der Waals surface area contributed by atoms with Crippen LogP contribution < -0.4 is 15.5 Å². The van der Waals surface area contributed by atoms with E-state index in [0.29, 0.717) is 16.9 Å². The SMILES string of the molecule is CCOC(=O)C1=C(CN(C)c2ccc(F)cc2)NC(=O)N[C@@H]1c1ccc(F)cc1. The highest BCUT2D eigenvalue weighted by Crippen LogP contribution is 2.29. The van der Waals surface area contributed by atoms with Crippen LogP contribution in [0.4, 0.5) is 19.3 Å². The number of halogens is 2. The maximum absolute atomic E-state index is 13.3. The second kappa shape index (κ2) is 8.72. The lowest BCUT2D eigenvalue weighted by molar-refractivity contribution is -0.139. The molecule has 0 fully saturated rings. The fourth-order valence-electron chi connectivity index (χ4n) is 3.12. The molecule has 0 radical (unpaired) electrons. The number of ether oxygens (including phenoxy) is 1. The molecule has 0 saturated carbocycles. The van der Waals surface area contributed by atoms with E-state index >= 15 is 0 Å². The predicted octanol–water partition coefficient (Wildman–Crippen LogP) is 3.27. The van der Waals surface area contributed by atoms with E-state index in [2.05, 4.69) is 10.6 Å². The minimum absolute atomic E-state index is 0.160. The van der Waals surface area contributed by atoms with Crippen molar-refractivity contribution in [1.29, 1.82) is 0 Å². The van der Waals surface area contributed by atoms with Crippen LogP contribution in [0, 0.1) is 11.6 Å². The van der Waals surface area contributed by atoms with Crippen LogP contribution in [0.1, 0.15) is 18.5 Å². The van der Waals surface area contributed by atoms with E-state index in [4.69, 9.17) is 4.74 Å². The average Bonchev–Trinajstić information content (AvgIpc) is 2.68. The minimum Gasteiger partial charge on any atom is -0.463 e. The van der Waals surface area contributed by atoms with Crippen molar-refractivity contribution >= 4 is 17.7 Å². The largest absolute Gasteiger partial charge is 0.463 e. The summed E-state index contributed by atoms with van der Waals surface area (Å²) >= 11 is 0. The number of urea groups is 1. The van der Waals surface area contributed by atoms with E-state index in [-0.39, 0.29) is 24.5 Å². The van der Waals surface area contributed by atoms with E-state index < -0.39 is 23.9 Å². The van der Waals surface area contributed by atoms with Gasteiger partial charge in [-0.3, -0.25) is 0 Å². The maximum Gasteiger partial charge on any atom is 0.338 e. The molecular weight excluding hydrogens is 380 g/mol. The second-order valence-electron chi connectivity index (χ2n) is 6.53. The first kappa shape index (κ1) is 20.3. The van der Waals surface area contributed by atoms with Gasteiger partial charge in [0.25, 0.3) is 0 Å². The zero-order chi connectivity index (χ0) is 21.0. The lowest BCUT2D eigenvalue weighted by Crippen LogP contribution is -2.48. The Kier molecular flexibility index (Phi) is 6.11. The molecule has 2 amide bonds. The number of carbonyl (C=O) groups excluding carboxylic acids is 2. The Bertz CT molecular complexity index is 927. The van der Waals surface area contributed by atoms with Crippen molar-refractivity contribution in [3.63, 3.8) is 0 Å². The van der Waals surface area contributed by atoms with E-state index in [1.54, 1.807) is 31.0 Å². The molecule has 29 heavy (non-hydrogen) atoms. The van der Waals surface area contributed by atoms with E-state index in [0.717, 1.165) is 0 Å². The summed E-state index contributed by atoms with van der Waals surface area (Å²) in [6.07, 6.45) is 0. The number of nitrogens with one attached hydrogen (secondary N) is 2. The van der Waals surface area contributed by atoms with Crippen molar-refractivity contribution < 1.29 is 23.1 Å². The molecule has 2 aromatic carbocycles. The topological polar surface area (TPSA) is 70.7 Å². The van der Waals surface area contributed by atoms with Crippen LogP contribution in [0.5, 0.6) is 0 Å². The third-order valence-corrected chi connectivity index (χ3v) is 4.52. The van der Waals surface area contributed by atoms with Gasteiger partial charge in [-0.25, -0.2) is 18.4 Å². The van der Waals surface area contributed by atoms with Crippen LogP contribution in [-0.4, -0.2) is 32.2 Å². The van der Waals surface area contributed by atoms with Gasteiger partial charge in [0, 0.05) is 12.7 Å². The molecule has 8 heteroatoms. The van der Waals surface area contributed by atoms with Gasteiger partial charge in [-0.05, 0) is 48.9 Å². The zero-order valence-corrected chi connectivity index (χ0v) is 16.0. The molecule has 152 valence electrons. The Balaban J connectivity index is 2.00. The summed E-state index contributed by atoms with van der Waals surface area (Å²) in [7, 11) is 1.75. The molecule has 0 aromatic heterocycles. The number of hydrogen-bond acceptors (Lipinski definition) is 4. The normalized spacial score (nSPS) is 16.1.